The first-order valence-electron chi connectivity index (χ1n) is 9.88. The predicted octanol–water partition coefficient (Wildman–Crippen LogP) is 4.98. The molecule has 30 heavy (non-hydrogen) atoms. The van der Waals surface area contributed by atoms with Gasteiger partial charge in [0.15, 0.2) is 12.1 Å². The first-order valence-corrected chi connectivity index (χ1v) is 9.88. The first-order chi connectivity index (χ1) is 14.6. The topological polar surface area (TPSA) is 55.8 Å². The summed E-state index contributed by atoms with van der Waals surface area (Å²) in [6, 6.07) is 22.4. The third-order valence-corrected chi connectivity index (χ3v) is 5.47. The summed E-state index contributed by atoms with van der Waals surface area (Å²) < 4.78 is 10.6. The van der Waals surface area contributed by atoms with E-state index in [4.69, 9.17) is 9.47 Å². The molecular formula is C25H23NO4. The number of cyclic esters (lactones) is 1. The summed E-state index contributed by atoms with van der Waals surface area (Å²) in [6.45, 7) is 1.91. The number of fused-ring (bicyclic) bond motifs is 1. The monoisotopic (exact) mass is 401 g/mol. The van der Waals surface area contributed by atoms with Crippen LogP contribution in [0.3, 0.4) is 0 Å². The number of methoxy groups -OCH3 is 1. The van der Waals surface area contributed by atoms with E-state index in [9.17, 15) is 9.59 Å². The van der Waals surface area contributed by atoms with Crippen molar-refractivity contribution < 1.29 is 19.1 Å². The summed E-state index contributed by atoms with van der Waals surface area (Å²) in [6.07, 6.45) is 2.32. The molecule has 3 atom stereocenters. The Kier molecular flexibility index (Phi) is 5.53. The maximum Gasteiger partial charge on any atom is 0.411 e. The van der Waals surface area contributed by atoms with Crippen LogP contribution in [0.1, 0.15) is 24.1 Å². The zero-order valence-electron chi connectivity index (χ0n) is 16.9. The van der Waals surface area contributed by atoms with Crippen molar-refractivity contribution in [3.05, 3.63) is 90.0 Å². The number of benzene rings is 3. The minimum atomic E-state index is -0.864. The predicted molar refractivity (Wildman–Crippen MR) is 116 cm³/mol. The second-order valence-corrected chi connectivity index (χ2v) is 7.24. The highest BCUT2D eigenvalue weighted by atomic mass is 16.6. The summed E-state index contributed by atoms with van der Waals surface area (Å²) in [5.41, 5.74) is 1.91. The molecule has 5 nitrogen and oxygen atoms in total. The fraction of sp³-hybridized carbons (Fsp3) is 0.200. The number of rotatable bonds is 5. The SMILES string of the molecule is COC(=O)C1C(/C=C/c2ccccc2)OC(=O)N1C(C)c1cccc2ccccc12. The van der Waals surface area contributed by atoms with Crippen LogP contribution in [0.2, 0.25) is 0 Å². The molecule has 0 aromatic heterocycles. The zero-order valence-corrected chi connectivity index (χ0v) is 16.9. The molecule has 0 spiro atoms. The van der Waals surface area contributed by atoms with E-state index in [-0.39, 0.29) is 6.04 Å². The van der Waals surface area contributed by atoms with Crippen LogP contribution >= 0.6 is 0 Å². The van der Waals surface area contributed by atoms with E-state index in [1.807, 2.05) is 85.8 Å². The average molecular weight is 401 g/mol. The molecule has 3 aromatic rings. The third kappa shape index (κ3) is 3.66. The summed E-state index contributed by atoms with van der Waals surface area (Å²) in [5.74, 6) is -0.504. The Labute approximate surface area is 175 Å². The van der Waals surface area contributed by atoms with Gasteiger partial charge in [-0.2, -0.15) is 0 Å². The number of amides is 1. The molecule has 152 valence electrons. The summed E-state index contributed by atoms with van der Waals surface area (Å²) >= 11 is 0. The molecule has 3 unspecified atom stereocenters. The maximum absolute atomic E-state index is 12.8. The van der Waals surface area contributed by atoms with E-state index in [0.29, 0.717) is 0 Å². The molecule has 0 radical (unpaired) electrons. The number of nitrogens with zero attached hydrogens (tertiary/aromatic N) is 1. The Balaban J connectivity index is 1.69. The van der Waals surface area contributed by atoms with Crippen molar-refractivity contribution in [2.24, 2.45) is 0 Å². The van der Waals surface area contributed by atoms with Crippen molar-refractivity contribution in [1.82, 2.24) is 4.90 Å². The lowest BCUT2D eigenvalue weighted by Gasteiger charge is -2.28. The number of ether oxygens (including phenoxy) is 2. The number of esters is 1. The van der Waals surface area contributed by atoms with E-state index in [1.165, 1.54) is 12.0 Å². The van der Waals surface area contributed by atoms with E-state index < -0.39 is 24.2 Å². The molecule has 3 aromatic carbocycles. The van der Waals surface area contributed by atoms with Crippen molar-refractivity contribution >= 4 is 28.9 Å². The minimum Gasteiger partial charge on any atom is -0.467 e. The van der Waals surface area contributed by atoms with E-state index in [2.05, 4.69) is 0 Å². The zero-order chi connectivity index (χ0) is 21.1. The Bertz CT molecular complexity index is 1090. The van der Waals surface area contributed by atoms with Crippen LogP contribution in [-0.4, -0.2) is 36.2 Å². The number of carbonyl (C=O) groups excluding carboxylic acids is 2. The van der Waals surface area contributed by atoms with Crippen molar-refractivity contribution in [2.75, 3.05) is 7.11 Å². The minimum absolute atomic E-state index is 0.372. The molecule has 0 aliphatic carbocycles. The highest BCUT2D eigenvalue weighted by molar-refractivity contribution is 5.89. The van der Waals surface area contributed by atoms with Gasteiger partial charge in [0, 0.05) is 0 Å². The molecule has 1 saturated heterocycles. The highest BCUT2D eigenvalue weighted by Gasteiger charge is 2.48. The van der Waals surface area contributed by atoms with Gasteiger partial charge in [0.2, 0.25) is 0 Å². The normalized spacial score (nSPS) is 19.8. The smallest absolute Gasteiger partial charge is 0.411 e. The summed E-state index contributed by atoms with van der Waals surface area (Å²) in [4.78, 5) is 27.0. The number of hydrogen-bond acceptors (Lipinski definition) is 4. The molecule has 5 heteroatoms. The first kappa shape index (κ1) is 19.7. The Hall–Kier alpha value is -3.60. The van der Waals surface area contributed by atoms with Gasteiger partial charge < -0.3 is 9.47 Å². The standard InChI is InChI=1S/C25H23NO4/c1-17(20-14-8-12-19-11-6-7-13-21(19)20)26-23(24(27)29-2)22(30-25(26)28)16-15-18-9-4-3-5-10-18/h3-17,22-23H,1-2H3/b16-15+. The molecule has 1 amide bonds. The van der Waals surface area contributed by atoms with Gasteiger partial charge >= 0.3 is 12.1 Å². The Morgan fingerprint density at radius 2 is 1.73 bits per heavy atom. The molecule has 0 saturated carbocycles. The van der Waals surface area contributed by atoms with Crippen molar-refractivity contribution in [1.29, 1.82) is 0 Å². The van der Waals surface area contributed by atoms with Gasteiger partial charge in [-0.25, -0.2) is 9.59 Å². The average Bonchev–Trinajstić information content (AvgIpc) is 3.13. The molecule has 0 N–H and O–H groups in total. The number of carbonyl (C=O) groups is 2. The Morgan fingerprint density at radius 1 is 1.03 bits per heavy atom. The van der Waals surface area contributed by atoms with Crippen LogP contribution in [0, 0.1) is 0 Å². The third-order valence-electron chi connectivity index (χ3n) is 5.47. The van der Waals surface area contributed by atoms with Gasteiger partial charge in [-0.05, 0) is 34.9 Å². The fourth-order valence-corrected chi connectivity index (χ4v) is 3.96. The molecule has 0 bridgehead atoms. The fourth-order valence-electron chi connectivity index (χ4n) is 3.96. The van der Waals surface area contributed by atoms with Crippen LogP contribution in [0.25, 0.3) is 16.8 Å². The van der Waals surface area contributed by atoms with E-state index >= 15 is 0 Å². The van der Waals surface area contributed by atoms with Crippen LogP contribution < -0.4 is 0 Å². The van der Waals surface area contributed by atoms with Crippen LogP contribution in [0.5, 0.6) is 0 Å². The maximum atomic E-state index is 12.8. The molecule has 1 aliphatic rings. The van der Waals surface area contributed by atoms with Crippen LogP contribution in [-0.2, 0) is 14.3 Å². The summed E-state index contributed by atoms with van der Waals surface area (Å²) in [7, 11) is 1.32. The van der Waals surface area contributed by atoms with Gasteiger partial charge in [0.25, 0.3) is 0 Å². The largest absolute Gasteiger partial charge is 0.467 e. The highest BCUT2D eigenvalue weighted by Crippen LogP contribution is 2.35. The van der Waals surface area contributed by atoms with Crippen LogP contribution in [0.4, 0.5) is 4.79 Å². The molecule has 1 heterocycles. The molecule has 1 fully saturated rings. The van der Waals surface area contributed by atoms with E-state index in [0.717, 1.165) is 21.9 Å². The van der Waals surface area contributed by atoms with Gasteiger partial charge in [-0.3, -0.25) is 4.90 Å². The molecule has 1 aliphatic heterocycles. The van der Waals surface area contributed by atoms with Crippen molar-refractivity contribution in [3.63, 3.8) is 0 Å². The lowest BCUT2D eigenvalue weighted by Crippen LogP contribution is -2.44. The lowest BCUT2D eigenvalue weighted by molar-refractivity contribution is -0.146. The van der Waals surface area contributed by atoms with Crippen molar-refractivity contribution in [3.8, 4) is 0 Å². The van der Waals surface area contributed by atoms with Gasteiger partial charge in [0.1, 0.15) is 0 Å². The molecule has 4 rings (SSSR count). The number of hydrogen-bond donors (Lipinski definition) is 0. The van der Waals surface area contributed by atoms with Gasteiger partial charge in [0.05, 0.1) is 13.2 Å². The second kappa shape index (κ2) is 8.41. The van der Waals surface area contributed by atoms with E-state index in [1.54, 1.807) is 6.08 Å². The lowest BCUT2D eigenvalue weighted by atomic mass is 9.97. The summed E-state index contributed by atoms with van der Waals surface area (Å²) in [5, 5.41) is 2.11. The van der Waals surface area contributed by atoms with Crippen LogP contribution in [0.15, 0.2) is 78.9 Å². The molecular weight excluding hydrogens is 378 g/mol. The van der Waals surface area contributed by atoms with Gasteiger partial charge in [-0.15, -0.1) is 0 Å². The quantitative estimate of drug-likeness (QED) is 0.566. The second-order valence-electron chi connectivity index (χ2n) is 7.24. The Morgan fingerprint density at radius 3 is 2.50 bits per heavy atom. The van der Waals surface area contributed by atoms with Gasteiger partial charge in [-0.1, -0.05) is 78.9 Å². The van der Waals surface area contributed by atoms with Crippen molar-refractivity contribution in [2.45, 2.75) is 25.1 Å².